The van der Waals surface area contributed by atoms with Crippen molar-refractivity contribution in [3.05, 3.63) is 5.82 Å². The van der Waals surface area contributed by atoms with Crippen LogP contribution in [0.1, 0.15) is 51.8 Å². The summed E-state index contributed by atoms with van der Waals surface area (Å²) in [5.41, 5.74) is 4.71. The number of rotatable bonds is 7. The molecule has 0 saturated heterocycles. The van der Waals surface area contributed by atoms with Crippen LogP contribution in [0.2, 0.25) is 0 Å². The number of nitrogens with zero attached hydrogens (tertiary/aromatic N) is 3. The Kier molecular flexibility index (Phi) is 5.10. The number of hydrogen-bond acceptors (Lipinski definition) is 6. The molecule has 8 heteroatoms. The fraction of sp³-hybridized carbons (Fsp3) is 0.714. The van der Waals surface area contributed by atoms with Gasteiger partial charge in [-0.25, -0.2) is 0 Å². The molecule has 0 radical (unpaired) electrons. The monoisotopic (exact) mass is 326 g/mol. The summed E-state index contributed by atoms with van der Waals surface area (Å²) in [7, 11) is 0. The second-order valence-corrected chi connectivity index (χ2v) is 7.30. The van der Waals surface area contributed by atoms with Crippen molar-refractivity contribution in [2.45, 2.75) is 63.3 Å². The zero-order valence-electron chi connectivity index (χ0n) is 13.2. The standard InChI is InChI=1S/C14H22N4O3S/c1-14(2,3)21-11(20)8-22-13-17-16-12(9-4-5-9)18(13)7-6-10(15)19/h9H,4-8H2,1-3H3,(H2,15,19). The van der Waals surface area contributed by atoms with Gasteiger partial charge in [0.15, 0.2) is 5.16 Å². The van der Waals surface area contributed by atoms with Crippen LogP contribution in [0.3, 0.4) is 0 Å². The van der Waals surface area contributed by atoms with Crippen molar-refractivity contribution in [2.75, 3.05) is 5.75 Å². The second-order valence-electron chi connectivity index (χ2n) is 6.36. The van der Waals surface area contributed by atoms with Crippen LogP contribution >= 0.6 is 11.8 Å². The third-order valence-corrected chi connectivity index (χ3v) is 3.95. The minimum absolute atomic E-state index is 0.163. The third-order valence-electron chi connectivity index (χ3n) is 3.01. The highest BCUT2D eigenvalue weighted by atomic mass is 32.2. The Morgan fingerprint density at radius 2 is 2.05 bits per heavy atom. The van der Waals surface area contributed by atoms with Crippen LogP contribution in [0.4, 0.5) is 0 Å². The van der Waals surface area contributed by atoms with Gasteiger partial charge in [0.1, 0.15) is 11.4 Å². The van der Waals surface area contributed by atoms with Crippen molar-refractivity contribution in [1.29, 1.82) is 0 Å². The van der Waals surface area contributed by atoms with E-state index in [0.717, 1.165) is 18.7 Å². The SMILES string of the molecule is CC(C)(C)OC(=O)CSc1nnc(C2CC2)n1CCC(N)=O. The second kappa shape index (κ2) is 6.68. The Morgan fingerprint density at radius 3 is 2.59 bits per heavy atom. The van der Waals surface area contributed by atoms with E-state index in [9.17, 15) is 9.59 Å². The molecule has 1 amide bonds. The maximum atomic E-state index is 11.8. The summed E-state index contributed by atoms with van der Waals surface area (Å²) < 4.78 is 7.17. The highest BCUT2D eigenvalue weighted by Crippen LogP contribution is 2.40. The number of amides is 1. The maximum absolute atomic E-state index is 11.8. The zero-order chi connectivity index (χ0) is 16.3. The Bertz CT molecular complexity index is 561. The topological polar surface area (TPSA) is 100 Å². The third kappa shape index (κ3) is 5.01. The fourth-order valence-electron chi connectivity index (χ4n) is 1.98. The van der Waals surface area contributed by atoms with E-state index < -0.39 is 5.60 Å². The molecule has 2 rings (SSSR count). The molecule has 1 heterocycles. The van der Waals surface area contributed by atoms with Crippen molar-refractivity contribution >= 4 is 23.6 Å². The Balaban J connectivity index is 2.00. The van der Waals surface area contributed by atoms with Crippen LogP contribution < -0.4 is 5.73 Å². The number of carbonyl (C=O) groups is 2. The van der Waals surface area contributed by atoms with Crippen molar-refractivity contribution in [3.63, 3.8) is 0 Å². The Hall–Kier alpha value is -1.57. The number of ether oxygens (including phenoxy) is 1. The number of aromatic nitrogens is 3. The van der Waals surface area contributed by atoms with Gasteiger partial charge in [0.25, 0.3) is 0 Å². The van der Waals surface area contributed by atoms with E-state index in [2.05, 4.69) is 10.2 Å². The largest absolute Gasteiger partial charge is 0.459 e. The molecule has 0 aliphatic heterocycles. The lowest BCUT2D eigenvalue weighted by molar-refractivity contribution is -0.151. The van der Waals surface area contributed by atoms with Crippen LogP contribution in [0.5, 0.6) is 0 Å². The van der Waals surface area contributed by atoms with E-state index in [0.29, 0.717) is 17.6 Å². The van der Waals surface area contributed by atoms with Gasteiger partial charge < -0.3 is 15.0 Å². The predicted octanol–water partition coefficient (Wildman–Crippen LogP) is 1.46. The summed E-state index contributed by atoms with van der Waals surface area (Å²) in [5, 5.41) is 8.97. The summed E-state index contributed by atoms with van der Waals surface area (Å²) in [5.74, 6) is 0.800. The summed E-state index contributed by atoms with van der Waals surface area (Å²) in [4.78, 5) is 22.8. The first-order chi connectivity index (χ1) is 10.3. The van der Waals surface area contributed by atoms with Crippen molar-refractivity contribution in [2.24, 2.45) is 5.73 Å². The lowest BCUT2D eigenvalue weighted by Crippen LogP contribution is -2.25. The molecule has 1 saturated carbocycles. The molecule has 1 aromatic heterocycles. The molecule has 2 N–H and O–H groups in total. The van der Waals surface area contributed by atoms with Crippen LogP contribution in [0.15, 0.2) is 5.16 Å². The number of primary amides is 1. The maximum Gasteiger partial charge on any atom is 0.316 e. The van der Waals surface area contributed by atoms with Gasteiger partial charge in [0.05, 0.1) is 5.75 Å². The van der Waals surface area contributed by atoms with E-state index in [-0.39, 0.29) is 24.1 Å². The van der Waals surface area contributed by atoms with E-state index >= 15 is 0 Å². The average molecular weight is 326 g/mol. The summed E-state index contributed by atoms with van der Waals surface area (Å²) in [6.45, 7) is 5.94. The molecule has 1 fully saturated rings. The number of esters is 1. The first kappa shape index (κ1) is 16.8. The molecule has 0 atom stereocenters. The number of carbonyl (C=O) groups excluding carboxylic acids is 2. The molecule has 1 aliphatic carbocycles. The molecular formula is C14H22N4O3S. The smallest absolute Gasteiger partial charge is 0.316 e. The normalized spacial score (nSPS) is 14.9. The molecule has 0 bridgehead atoms. The lowest BCUT2D eigenvalue weighted by atomic mass is 10.2. The van der Waals surface area contributed by atoms with Crippen molar-refractivity contribution in [1.82, 2.24) is 14.8 Å². The summed E-state index contributed by atoms with van der Waals surface area (Å²) in [6, 6.07) is 0. The molecule has 7 nitrogen and oxygen atoms in total. The van der Waals surface area contributed by atoms with Gasteiger partial charge in [-0.15, -0.1) is 10.2 Å². The molecule has 1 aliphatic rings. The van der Waals surface area contributed by atoms with Crippen LogP contribution in [0.25, 0.3) is 0 Å². The molecule has 22 heavy (non-hydrogen) atoms. The van der Waals surface area contributed by atoms with Gasteiger partial charge in [0, 0.05) is 18.9 Å². The van der Waals surface area contributed by atoms with Crippen molar-refractivity contribution in [3.8, 4) is 0 Å². The fourth-order valence-corrected chi connectivity index (χ4v) is 2.72. The van der Waals surface area contributed by atoms with E-state index in [1.54, 1.807) is 0 Å². The van der Waals surface area contributed by atoms with Gasteiger partial charge in [-0.05, 0) is 33.6 Å². The minimum Gasteiger partial charge on any atom is -0.459 e. The predicted molar refractivity (Wildman–Crippen MR) is 82.4 cm³/mol. The van der Waals surface area contributed by atoms with Crippen LogP contribution in [0, 0.1) is 0 Å². The molecular weight excluding hydrogens is 304 g/mol. The van der Waals surface area contributed by atoms with Gasteiger partial charge in [-0.2, -0.15) is 0 Å². The number of hydrogen-bond donors (Lipinski definition) is 1. The lowest BCUT2D eigenvalue weighted by Gasteiger charge is -2.19. The van der Waals surface area contributed by atoms with E-state index in [1.165, 1.54) is 11.8 Å². The number of thioether (sulfide) groups is 1. The Morgan fingerprint density at radius 1 is 1.36 bits per heavy atom. The average Bonchev–Trinajstić information content (AvgIpc) is 3.13. The summed E-state index contributed by atoms with van der Waals surface area (Å²) >= 11 is 1.28. The first-order valence-electron chi connectivity index (χ1n) is 7.32. The quantitative estimate of drug-likeness (QED) is 0.601. The van der Waals surface area contributed by atoms with Gasteiger partial charge in [-0.3, -0.25) is 9.59 Å². The van der Waals surface area contributed by atoms with Gasteiger partial charge >= 0.3 is 5.97 Å². The first-order valence-corrected chi connectivity index (χ1v) is 8.31. The zero-order valence-corrected chi connectivity index (χ0v) is 14.0. The Labute approximate surface area is 134 Å². The minimum atomic E-state index is -0.504. The van der Waals surface area contributed by atoms with Gasteiger partial charge in [-0.1, -0.05) is 11.8 Å². The summed E-state index contributed by atoms with van der Waals surface area (Å²) in [6.07, 6.45) is 2.41. The molecule has 1 aromatic rings. The van der Waals surface area contributed by atoms with Gasteiger partial charge in [0.2, 0.25) is 5.91 Å². The molecule has 122 valence electrons. The van der Waals surface area contributed by atoms with Crippen molar-refractivity contribution < 1.29 is 14.3 Å². The van der Waals surface area contributed by atoms with Crippen LogP contribution in [-0.4, -0.2) is 38.0 Å². The highest BCUT2D eigenvalue weighted by molar-refractivity contribution is 7.99. The number of nitrogens with two attached hydrogens (primary N) is 1. The van der Waals surface area contributed by atoms with E-state index in [4.69, 9.17) is 10.5 Å². The van der Waals surface area contributed by atoms with Crippen LogP contribution in [-0.2, 0) is 20.9 Å². The highest BCUT2D eigenvalue weighted by Gasteiger charge is 2.30. The molecule has 0 spiro atoms. The molecule has 0 aromatic carbocycles. The molecule has 0 unspecified atom stereocenters. The van der Waals surface area contributed by atoms with E-state index in [1.807, 2.05) is 25.3 Å².